The number of nitrogens with zero attached hydrogens (tertiary/aromatic N) is 2. The van der Waals surface area contributed by atoms with E-state index in [9.17, 15) is 4.79 Å². The fraction of sp³-hybridized carbons (Fsp3) is 0.500. The van der Waals surface area contributed by atoms with Crippen molar-refractivity contribution in [3.8, 4) is 0 Å². The van der Waals surface area contributed by atoms with Crippen molar-refractivity contribution < 1.29 is 4.79 Å². The molecule has 0 aromatic carbocycles. The smallest absolute Gasteiger partial charge is 0.257 e. The van der Waals surface area contributed by atoms with Gasteiger partial charge in [-0.15, -0.1) is 0 Å². The maximum Gasteiger partial charge on any atom is 0.257 e. The molecule has 0 bridgehead atoms. The summed E-state index contributed by atoms with van der Waals surface area (Å²) in [6.45, 7) is 6.75. The fourth-order valence-corrected chi connectivity index (χ4v) is 2.08. The van der Waals surface area contributed by atoms with Crippen LogP contribution >= 0.6 is 27.5 Å². The molecule has 3 nitrogen and oxygen atoms in total. The van der Waals surface area contributed by atoms with Crippen molar-refractivity contribution in [2.75, 3.05) is 6.54 Å². The van der Waals surface area contributed by atoms with Gasteiger partial charge in [0, 0.05) is 23.3 Å². The van der Waals surface area contributed by atoms with Crippen LogP contribution in [-0.2, 0) is 0 Å². The lowest BCUT2D eigenvalue weighted by Crippen LogP contribution is -2.37. The first-order chi connectivity index (χ1) is 7.97. The summed E-state index contributed by atoms with van der Waals surface area (Å²) in [5.74, 6) is -0.0688. The van der Waals surface area contributed by atoms with Crippen LogP contribution in [0.25, 0.3) is 0 Å². The van der Waals surface area contributed by atoms with E-state index in [1.165, 1.54) is 0 Å². The third-order valence-electron chi connectivity index (χ3n) is 2.38. The molecule has 0 saturated heterocycles. The highest BCUT2D eigenvalue weighted by Crippen LogP contribution is 2.20. The molecular formula is C12H16BrClN2O. The summed E-state index contributed by atoms with van der Waals surface area (Å²) in [5.41, 5.74) is 0.447. The highest BCUT2D eigenvalue weighted by molar-refractivity contribution is 9.10. The summed E-state index contributed by atoms with van der Waals surface area (Å²) in [7, 11) is 0. The molecule has 17 heavy (non-hydrogen) atoms. The molecule has 0 unspecified atom stereocenters. The molecule has 0 radical (unpaired) electrons. The molecule has 0 aliphatic heterocycles. The summed E-state index contributed by atoms with van der Waals surface area (Å²) in [4.78, 5) is 18.1. The number of aromatic nitrogens is 1. The van der Waals surface area contributed by atoms with E-state index in [2.05, 4.69) is 20.9 Å². The summed E-state index contributed by atoms with van der Waals surface area (Å²) in [5, 5.41) is 0.250. The van der Waals surface area contributed by atoms with Gasteiger partial charge in [-0.3, -0.25) is 4.79 Å². The number of hydrogen-bond donors (Lipinski definition) is 0. The van der Waals surface area contributed by atoms with Gasteiger partial charge < -0.3 is 4.90 Å². The van der Waals surface area contributed by atoms with E-state index >= 15 is 0 Å². The molecule has 0 saturated carbocycles. The molecule has 0 N–H and O–H groups in total. The zero-order valence-corrected chi connectivity index (χ0v) is 12.5. The minimum atomic E-state index is -0.0688. The Morgan fingerprint density at radius 3 is 2.76 bits per heavy atom. The van der Waals surface area contributed by atoms with Gasteiger partial charge in [-0.05, 0) is 42.3 Å². The van der Waals surface area contributed by atoms with Crippen LogP contribution in [0.2, 0.25) is 5.15 Å². The predicted molar refractivity (Wildman–Crippen MR) is 73.4 cm³/mol. The van der Waals surface area contributed by atoms with Gasteiger partial charge in [0.1, 0.15) is 5.15 Å². The van der Waals surface area contributed by atoms with E-state index in [-0.39, 0.29) is 17.1 Å². The van der Waals surface area contributed by atoms with Crippen molar-refractivity contribution in [2.24, 2.45) is 0 Å². The number of pyridine rings is 1. The van der Waals surface area contributed by atoms with E-state index in [1.807, 2.05) is 20.8 Å². The Bertz CT molecular complexity index is 409. The maximum absolute atomic E-state index is 12.3. The van der Waals surface area contributed by atoms with Gasteiger partial charge in [0.2, 0.25) is 0 Å². The molecule has 0 aliphatic carbocycles. The second-order valence-corrected chi connectivity index (χ2v) is 5.36. The Labute approximate surface area is 115 Å². The Morgan fingerprint density at radius 1 is 1.59 bits per heavy atom. The summed E-state index contributed by atoms with van der Waals surface area (Å²) in [6, 6.07) is 1.86. The third kappa shape index (κ3) is 3.68. The molecule has 1 rings (SSSR count). The average Bonchev–Trinajstić information content (AvgIpc) is 2.28. The zero-order valence-electron chi connectivity index (χ0n) is 10.2. The van der Waals surface area contributed by atoms with Gasteiger partial charge in [0.05, 0.1) is 5.56 Å². The molecule has 1 amide bonds. The lowest BCUT2D eigenvalue weighted by molar-refractivity contribution is 0.0705. The van der Waals surface area contributed by atoms with E-state index < -0.39 is 0 Å². The van der Waals surface area contributed by atoms with E-state index in [0.29, 0.717) is 5.56 Å². The van der Waals surface area contributed by atoms with Crippen LogP contribution in [0.5, 0.6) is 0 Å². The normalized spacial score (nSPS) is 10.7. The van der Waals surface area contributed by atoms with Crippen molar-refractivity contribution in [2.45, 2.75) is 33.2 Å². The van der Waals surface area contributed by atoms with Crippen molar-refractivity contribution in [1.82, 2.24) is 9.88 Å². The number of carbonyl (C=O) groups is 1. The quantitative estimate of drug-likeness (QED) is 0.792. The molecule has 5 heteroatoms. The van der Waals surface area contributed by atoms with Gasteiger partial charge >= 0.3 is 0 Å². The largest absolute Gasteiger partial charge is 0.336 e. The SMILES string of the molecule is CCCN(C(=O)c1cc(Br)cnc1Cl)C(C)C. The van der Waals surface area contributed by atoms with Crippen molar-refractivity contribution in [3.05, 3.63) is 27.5 Å². The van der Waals surface area contributed by atoms with Crippen molar-refractivity contribution in [1.29, 1.82) is 0 Å². The summed E-state index contributed by atoms with van der Waals surface area (Å²) in [6.07, 6.45) is 2.50. The van der Waals surface area contributed by atoms with Crippen molar-refractivity contribution in [3.63, 3.8) is 0 Å². The second kappa shape index (κ2) is 6.36. The lowest BCUT2D eigenvalue weighted by Gasteiger charge is -2.26. The molecule has 1 heterocycles. The fourth-order valence-electron chi connectivity index (χ4n) is 1.56. The lowest BCUT2D eigenvalue weighted by atomic mass is 10.2. The monoisotopic (exact) mass is 318 g/mol. The minimum Gasteiger partial charge on any atom is -0.336 e. The van der Waals surface area contributed by atoms with Gasteiger partial charge in [-0.2, -0.15) is 0 Å². The highest BCUT2D eigenvalue weighted by atomic mass is 79.9. The number of carbonyl (C=O) groups excluding carboxylic acids is 1. The Kier molecular flexibility index (Phi) is 5.40. The van der Waals surface area contributed by atoms with E-state index in [0.717, 1.165) is 17.4 Å². The third-order valence-corrected chi connectivity index (χ3v) is 3.12. The van der Waals surface area contributed by atoms with Gasteiger partial charge in [-0.25, -0.2) is 4.98 Å². The molecule has 1 aromatic rings. The van der Waals surface area contributed by atoms with Crippen LogP contribution in [0, 0.1) is 0 Å². The zero-order chi connectivity index (χ0) is 13.0. The number of halogens is 2. The Hall–Kier alpha value is -0.610. The van der Waals surface area contributed by atoms with E-state index in [1.54, 1.807) is 17.2 Å². The van der Waals surface area contributed by atoms with Crippen LogP contribution in [0.1, 0.15) is 37.6 Å². The number of hydrogen-bond acceptors (Lipinski definition) is 2. The molecule has 1 aromatic heterocycles. The number of rotatable bonds is 4. The second-order valence-electron chi connectivity index (χ2n) is 4.08. The molecule has 0 fully saturated rings. The first-order valence-corrected chi connectivity index (χ1v) is 6.76. The molecule has 0 atom stereocenters. The van der Waals surface area contributed by atoms with Crippen LogP contribution in [0.15, 0.2) is 16.7 Å². The summed E-state index contributed by atoms with van der Waals surface area (Å²) < 4.78 is 0.755. The molecule has 94 valence electrons. The van der Waals surface area contributed by atoms with Crippen LogP contribution in [0.4, 0.5) is 0 Å². The van der Waals surface area contributed by atoms with Crippen molar-refractivity contribution >= 4 is 33.4 Å². The van der Waals surface area contributed by atoms with Gasteiger partial charge in [-0.1, -0.05) is 18.5 Å². The first kappa shape index (κ1) is 14.5. The maximum atomic E-state index is 12.3. The Balaban J connectivity index is 3.04. The minimum absolute atomic E-state index is 0.0688. The number of amides is 1. The van der Waals surface area contributed by atoms with Crippen LogP contribution < -0.4 is 0 Å². The highest BCUT2D eigenvalue weighted by Gasteiger charge is 2.21. The predicted octanol–water partition coefficient (Wildman–Crippen LogP) is 3.76. The molecular weight excluding hydrogens is 304 g/mol. The molecule has 0 aliphatic rings. The summed E-state index contributed by atoms with van der Waals surface area (Å²) >= 11 is 9.26. The Morgan fingerprint density at radius 2 is 2.24 bits per heavy atom. The van der Waals surface area contributed by atoms with Crippen LogP contribution in [-0.4, -0.2) is 28.4 Å². The standard InChI is InChI=1S/C12H16BrClN2O/c1-4-5-16(8(2)3)12(17)10-6-9(13)7-15-11(10)14/h6-8H,4-5H2,1-3H3. The molecule has 0 spiro atoms. The first-order valence-electron chi connectivity index (χ1n) is 5.59. The van der Waals surface area contributed by atoms with E-state index in [4.69, 9.17) is 11.6 Å². The van der Waals surface area contributed by atoms with Gasteiger partial charge in [0.25, 0.3) is 5.91 Å². The van der Waals surface area contributed by atoms with Crippen LogP contribution in [0.3, 0.4) is 0 Å². The average molecular weight is 320 g/mol. The topological polar surface area (TPSA) is 33.2 Å². The van der Waals surface area contributed by atoms with Gasteiger partial charge in [0.15, 0.2) is 0 Å².